The van der Waals surface area contributed by atoms with E-state index in [1.165, 1.54) is 22.7 Å². The molecule has 0 unspecified atom stereocenters. The lowest BCUT2D eigenvalue weighted by atomic mass is 10.1. The predicted molar refractivity (Wildman–Crippen MR) is 90.9 cm³/mol. The van der Waals surface area contributed by atoms with Crippen LogP contribution in [0.5, 0.6) is 0 Å². The van der Waals surface area contributed by atoms with Gasteiger partial charge in [-0.05, 0) is 43.2 Å². The van der Waals surface area contributed by atoms with Crippen LogP contribution in [0.15, 0.2) is 30.3 Å². The summed E-state index contributed by atoms with van der Waals surface area (Å²) in [6.45, 7) is 0.793. The van der Waals surface area contributed by atoms with E-state index in [0.717, 1.165) is 0 Å². The third kappa shape index (κ3) is 4.23. The van der Waals surface area contributed by atoms with Crippen LogP contribution in [0.4, 0.5) is 4.39 Å². The van der Waals surface area contributed by atoms with Crippen molar-refractivity contribution in [2.45, 2.75) is 18.9 Å². The van der Waals surface area contributed by atoms with Gasteiger partial charge in [0.05, 0.1) is 11.9 Å². The minimum atomic E-state index is -3.18. The highest BCUT2D eigenvalue weighted by Gasteiger charge is 2.26. The van der Waals surface area contributed by atoms with E-state index in [-0.39, 0.29) is 17.8 Å². The number of rotatable bonds is 4. The van der Waals surface area contributed by atoms with Gasteiger partial charge in [-0.15, -0.1) is 0 Å². The highest BCUT2D eigenvalue weighted by atomic mass is 32.2. The van der Waals surface area contributed by atoms with Crippen molar-refractivity contribution in [2.24, 2.45) is 0 Å². The van der Waals surface area contributed by atoms with Crippen molar-refractivity contribution < 1.29 is 17.6 Å². The van der Waals surface area contributed by atoms with E-state index in [1.54, 1.807) is 18.2 Å². The lowest BCUT2D eigenvalue weighted by Crippen LogP contribution is -2.46. The summed E-state index contributed by atoms with van der Waals surface area (Å²) in [5, 5.41) is 9.65. The van der Waals surface area contributed by atoms with E-state index >= 15 is 0 Å². The fraction of sp³-hybridized carbons (Fsp3) is 0.375. The molecule has 1 fully saturated rings. The topological polar surface area (TPSA) is 95.2 Å². The van der Waals surface area contributed by atoms with Gasteiger partial charge in [-0.3, -0.25) is 9.89 Å². The number of hydrogen-bond acceptors (Lipinski definition) is 4. The number of nitrogens with one attached hydrogen (secondary N) is 2. The summed E-state index contributed by atoms with van der Waals surface area (Å²) in [4.78, 5) is 12.3. The SMILES string of the molecule is CS(=O)(=O)N1CCC(NC(=O)c2cc(-c3ccc(F)cc3)n[nH]2)CC1. The van der Waals surface area contributed by atoms with Gasteiger partial charge in [0.25, 0.3) is 5.91 Å². The molecule has 0 bridgehead atoms. The molecule has 134 valence electrons. The molecule has 25 heavy (non-hydrogen) atoms. The third-order valence-corrected chi connectivity index (χ3v) is 5.52. The van der Waals surface area contributed by atoms with E-state index in [2.05, 4.69) is 15.5 Å². The number of carbonyl (C=O) groups excluding carboxylic acids is 1. The maximum atomic E-state index is 13.0. The highest BCUT2D eigenvalue weighted by molar-refractivity contribution is 7.88. The van der Waals surface area contributed by atoms with Crippen molar-refractivity contribution >= 4 is 15.9 Å². The van der Waals surface area contributed by atoms with E-state index in [9.17, 15) is 17.6 Å². The molecule has 1 aromatic heterocycles. The summed E-state index contributed by atoms with van der Waals surface area (Å²) < 4.78 is 37.4. The molecule has 1 aliphatic rings. The van der Waals surface area contributed by atoms with Crippen LogP contribution in [0.1, 0.15) is 23.3 Å². The Kier molecular flexibility index (Phi) is 4.87. The molecule has 1 saturated heterocycles. The number of nitrogens with zero attached hydrogens (tertiary/aromatic N) is 2. The molecular formula is C16H19FN4O3S. The zero-order valence-corrected chi connectivity index (χ0v) is 14.5. The zero-order chi connectivity index (χ0) is 18.0. The summed E-state index contributed by atoms with van der Waals surface area (Å²) in [5.74, 6) is -0.628. The van der Waals surface area contributed by atoms with Gasteiger partial charge in [-0.25, -0.2) is 17.1 Å². The maximum Gasteiger partial charge on any atom is 0.269 e. The number of sulfonamides is 1. The Balaban J connectivity index is 1.60. The third-order valence-electron chi connectivity index (χ3n) is 4.22. The number of halogens is 1. The summed E-state index contributed by atoms with van der Waals surface area (Å²) in [6, 6.07) is 7.37. The van der Waals surface area contributed by atoms with E-state index < -0.39 is 10.0 Å². The normalized spacial score (nSPS) is 16.7. The zero-order valence-electron chi connectivity index (χ0n) is 13.7. The first-order chi connectivity index (χ1) is 11.8. The Morgan fingerprint density at radius 1 is 1.28 bits per heavy atom. The van der Waals surface area contributed by atoms with E-state index in [0.29, 0.717) is 42.9 Å². The van der Waals surface area contributed by atoms with Crippen LogP contribution in [0.2, 0.25) is 0 Å². The van der Waals surface area contributed by atoms with Gasteiger partial charge in [0, 0.05) is 24.7 Å². The Morgan fingerprint density at radius 2 is 1.92 bits per heavy atom. The average Bonchev–Trinajstić information content (AvgIpc) is 3.05. The monoisotopic (exact) mass is 366 g/mol. The molecule has 1 amide bonds. The fourth-order valence-corrected chi connectivity index (χ4v) is 3.68. The van der Waals surface area contributed by atoms with Crippen molar-refractivity contribution in [3.8, 4) is 11.3 Å². The molecule has 0 radical (unpaired) electrons. The van der Waals surface area contributed by atoms with Crippen molar-refractivity contribution in [2.75, 3.05) is 19.3 Å². The minimum absolute atomic E-state index is 0.0805. The van der Waals surface area contributed by atoms with Crippen LogP contribution in [0.25, 0.3) is 11.3 Å². The van der Waals surface area contributed by atoms with Gasteiger partial charge in [0.15, 0.2) is 0 Å². The lowest BCUT2D eigenvalue weighted by Gasteiger charge is -2.30. The van der Waals surface area contributed by atoms with Crippen molar-refractivity contribution in [3.05, 3.63) is 41.8 Å². The fourth-order valence-electron chi connectivity index (χ4n) is 2.80. The van der Waals surface area contributed by atoms with Crippen molar-refractivity contribution in [3.63, 3.8) is 0 Å². The molecule has 7 nitrogen and oxygen atoms in total. The first-order valence-electron chi connectivity index (χ1n) is 7.90. The van der Waals surface area contributed by atoms with Gasteiger partial charge in [0.2, 0.25) is 10.0 Å². The largest absolute Gasteiger partial charge is 0.348 e. The van der Waals surface area contributed by atoms with E-state index in [4.69, 9.17) is 0 Å². The number of aromatic nitrogens is 2. The highest BCUT2D eigenvalue weighted by Crippen LogP contribution is 2.19. The molecule has 0 atom stereocenters. The first-order valence-corrected chi connectivity index (χ1v) is 9.75. The molecule has 0 aliphatic carbocycles. The minimum Gasteiger partial charge on any atom is -0.348 e. The van der Waals surface area contributed by atoms with Crippen LogP contribution < -0.4 is 5.32 Å². The molecule has 3 rings (SSSR count). The van der Waals surface area contributed by atoms with Crippen LogP contribution in [0, 0.1) is 5.82 Å². The number of piperidine rings is 1. The van der Waals surface area contributed by atoms with Crippen molar-refractivity contribution in [1.29, 1.82) is 0 Å². The number of H-pyrrole nitrogens is 1. The Hall–Kier alpha value is -2.26. The van der Waals surface area contributed by atoms with Crippen LogP contribution >= 0.6 is 0 Å². The second-order valence-corrected chi connectivity index (χ2v) is 8.07. The number of hydrogen-bond donors (Lipinski definition) is 2. The molecule has 0 spiro atoms. The standard InChI is InChI=1S/C16H19FN4O3S/c1-25(23,24)21-8-6-13(7-9-21)18-16(22)15-10-14(19-20-15)11-2-4-12(17)5-3-11/h2-5,10,13H,6-9H2,1H3,(H,18,22)(H,19,20). The molecule has 2 aromatic rings. The predicted octanol–water partition coefficient (Wildman–Crippen LogP) is 1.37. The smallest absolute Gasteiger partial charge is 0.269 e. The van der Waals surface area contributed by atoms with Gasteiger partial charge >= 0.3 is 0 Å². The summed E-state index contributed by atoms with van der Waals surface area (Å²) in [7, 11) is -3.18. The van der Waals surface area contributed by atoms with Gasteiger partial charge in [-0.1, -0.05) is 0 Å². The maximum absolute atomic E-state index is 13.0. The Bertz CT molecular complexity index is 856. The van der Waals surface area contributed by atoms with Crippen molar-refractivity contribution in [1.82, 2.24) is 19.8 Å². The quantitative estimate of drug-likeness (QED) is 0.854. The van der Waals surface area contributed by atoms with Gasteiger partial charge < -0.3 is 5.32 Å². The van der Waals surface area contributed by atoms with Crippen LogP contribution in [0.3, 0.4) is 0 Å². The first kappa shape index (κ1) is 17.6. The second-order valence-electron chi connectivity index (χ2n) is 6.08. The molecule has 1 aliphatic heterocycles. The van der Waals surface area contributed by atoms with E-state index in [1.807, 2.05) is 0 Å². The molecule has 2 heterocycles. The summed E-state index contributed by atoms with van der Waals surface area (Å²) in [6.07, 6.45) is 2.32. The molecule has 9 heteroatoms. The van der Waals surface area contributed by atoms with Gasteiger partial charge in [-0.2, -0.15) is 5.10 Å². The number of aromatic amines is 1. The average molecular weight is 366 g/mol. The second kappa shape index (κ2) is 6.93. The van der Waals surface area contributed by atoms with Crippen LogP contribution in [-0.4, -0.2) is 54.2 Å². The van der Waals surface area contributed by atoms with Gasteiger partial charge in [0.1, 0.15) is 11.5 Å². The molecule has 2 N–H and O–H groups in total. The Morgan fingerprint density at radius 3 is 2.52 bits per heavy atom. The summed E-state index contributed by atoms with van der Waals surface area (Å²) in [5.41, 5.74) is 1.57. The number of benzene rings is 1. The Labute approximate surface area is 145 Å². The lowest BCUT2D eigenvalue weighted by molar-refractivity contribution is 0.0919. The molecular weight excluding hydrogens is 347 g/mol. The number of amides is 1. The van der Waals surface area contributed by atoms with Crippen LogP contribution in [-0.2, 0) is 10.0 Å². The molecule has 0 saturated carbocycles. The number of carbonyl (C=O) groups is 1. The molecule has 1 aromatic carbocycles. The summed E-state index contributed by atoms with van der Waals surface area (Å²) >= 11 is 0.